The number of nitrogens with zero attached hydrogens (tertiary/aromatic N) is 3. The number of carbonyl (C=O) groups is 2. The minimum atomic E-state index is -0.365. The Morgan fingerprint density at radius 3 is 2.70 bits per heavy atom. The van der Waals surface area contributed by atoms with Gasteiger partial charge in [0.15, 0.2) is 0 Å². The van der Waals surface area contributed by atoms with Gasteiger partial charge in [-0.15, -0.1) is 0 Å². The van der Waals surface area contributed by atoms with Crippen LogP contribution in [0.2, 0.25) is 0 Å². The summed E-state index contributed by atoms with van der Waals surface area (Å²) in [6.07, 6.45) is 10.6. The number of para-hydroxylation sites is 1. The van der Waals surface area contributed by atoms with E-state index in [1.165, 1.54) is 10.9 Å². The highest BCUT2D eigenvalue weighted by molar-refractivity contribution is 8.18. The maximum Gasteiger partial charge on any atom is 0.290 e. The van der Waals surface area contributed by atoms with Gasteiger partial charge in [0.05, 0.1) is 16.1 Å². The van der Waals surface area contributed by atoms with E-state index in [1.54, 1.807) is 18.3 Å². The van der Waals surface area contributed by atoms with E-state index >= 15 is 0 Å². The van der Waals surface area contributed by atoms with Crippen molar-refractivity contribution < 1.29 is 9.59 Å². The number of hydrogen-bond donors (Lipinski definition) is 2. The second-order valence-corrected chi connectivity index (χ2v) is 9.56. The molecule has 2 aromatic heterocycles. The van der Waals surface area contributed by atoms with Gasteiger partial charge >= 0.3 is 0 Å². The van der Waals surface area contributed by atoms with Crippen LogP contribution in [0.25, 0.3) is 17.0 Å². The fraction of sp³-hybridized carbons (Fsp3) is 0.320. The highest BCUT2D eigenvalue weighted by Gasteiger charge is 2.25. The highest BCUT2D eigenvalue weighted by atomic mass is 32.2. The van der Waals surface area contributed by atoms with Gasteiger partial charge in [-0.3, -0.25) is 19.9 Å². The number of imide groups is 1. The number of amides is 2. The average molecular weight is 460 g/mol. The topological polar surface area (TPSA) is 96.9 Å². The summed E-state index contributed by atoms with van der Waals surface area (Å²) in [5, 5.41) is 6.82. The Morgan fingerprint density at radius 2 is 1.88 bits per heavy atom. The van der Waals surface area contributed by atoms with Gasteiger partial charge < -0.3 is 5.32 Å². The molecular formula is C25H25N5O2S. The molecule has 2 N–H and O–H groups in total. The number of hydrogen-bond acceptors (Lipinski definition) is 7. The summed E-state index contributed by atoms with van der Waals surface area (Å²) < 4.78 is 0. The molecule has 33 heavy (non-hydrogen) atoms. The number of nitrogens with one attached hydrogen (secondary N) is 2. The van der Waals surface area contributed by atoms with Gasteiger partial charge in [0.25, 0.3) is 11.1 Å². The molecule has 2 amide bonds. The molecule has 1 saturated heterocycles. The van der Waals surface area contributed by atoms with Crippen LogP contribution in [0.1, 0.15) is 42.8 Å². The first kappa shape index (κ1) is 21.7. The number of benzene rings is 1. The Bertz CT molecular complexity index is 1210. The second kappa shape index (κ2) is 9.80. The Balaban J connectivity index is 1.14. The predicted octanol–water partition coefficient (Wildman–Crippen LogP) is 4.24. The van der Waals surface area contributed by atoms with Crippen molar-refractivity contribution in [3.05, 3.63) is 70.8 Å². The molecule has 0 atom stereocenters. The summed E-state index contributed by atoms with van der Waals surface area (Å²) in [6.45, 7) is 0.831. The van der Waals surface area contributed by atoms with Gasteiger partial charge in [0.1, 0.15) is 5.82 Å². The molecule has 2 aliphatic rings. The fourth-order valence-electron chi connectivity index (χ4n) is 4.54. The maximum absolute atomic E-state index is 11.8. The quantitative estimate of drug-likeness (QED) is 0.532. The number of pyridine rings is 1. The van der Waals surface area contributed by atoms with E-state index in [-0.39, 0.29) is 11.1 Å². The predicted molar refractivity (Wildman–Crippen MR) is 129 cm³/mol. The molecule has 0 bridgehead atoms. The van der Waals surface area contributed by atoms with Crippen molar-refractivity contribution in [1.29, 1.82) is 0 Å². The van der Waals surface area contributed by atoms with Crippen LogP contribution in [-0.4, -0.2) is 32.1 Å². The fourth-order valence-corrected chi connectivity index (χ4v) is 5.21. The second-order valence-electron chi connectivity index (χ2n) is 8.54. The molecule has 1 aromatic carbocycles. The van der Waals surface area contributed by atoms with Crippen molar-refractivity contribution in [2.24, 2.45) is 5.92 Å². The first-order chi connectivity index (χ1) is 16.1. The van der Waals surface area contributed by atoms with Crippen LogP contribution in [-0.2, 0) is 17.8 Å². The zero-order valence-electron chi connectivity index (χ0n) is 18.2. The summed E-state index contributed by atoms with van der Waals surface area (Å²) in [7, 11) is 0. The SMILES string of the molecule is O=C1NC(=O)/C(=C/c2ccnc(CC3CCC(NCc4cccc5cccnc45)CC3)n2)S1. The summed E-state index contributed by atoms with van der Waals surface area (Å²) >= 11 is 0.904. The third-order valence-corrected chi connectivity index (χ3v) is 7.07. The summed E-state index contributed by atoms with van der Waals surface area (Å²) in [5.74, 6) is 0.975. The van der Waals surface area contributed by atoms with Gasteiger partial charge in [0, 0.05) is 36.8 Å². The van der Waals surface area contributed by atoms with E-state index in [4.69, 9.17) is 0 Å². The lowest BCUT2D eigenvalue weighted by Gasteiger charge is -2.29. The minimum absolute atomic E-state index is 0.345. The van der Waals surface area contributed by atoms with Crippen molar-refractivity contribution >= 4 is 39.9 Å². The first-order valence-corrected chi connectivity index (χ1v) is 12.1. The molecule has 0 spiro atoms. The van der Waals surface area contributed by atoms with E-state index in [9.17, 15) is 9.59 Å². The van der Waals surface area contributed by atoms with Crippen LogP contribution in [0.3, 0.4) is 0 Å². The van der Waals surface area contributed by atoms with Gasteiger partial charge in [-0.25, -0.2) is 9.97 Å². The van der Waals surface area contributed by atoms with Crippen molar-refractivity contribution in [3.8, 4) is 0 Å². The average Bonchev–Trinajstić information content (AvgIpc) is 3.15. The van der Waals surface area contributed by atoms with Crippen molar-refractivity contribution in [3.63, 3.8) is 0 Å². The molecule has 3 aromatic rings. The summed E-state index contributed by atoms with van der Waals surface area (Å²) in [4.78, 5) is 37.1. The van der Waals surface area contributed by atoms with Crippen molar-refractivity contribution in [2.75, 3.05) is 0 Å². The van der Waals surface area contributed by atoms with Crippen LogP contribution in [0.5, 0.6) is 0 Å². The number of rotatable bonds is 6. The van der Waals surface area contributed by atoms with Crippen LogP contribution in [0, 0.1) is 5.92 Å². The Labute approximate surface area is 196 Å². The van der Waals surface area contributed by atoms with Crippen LogP contribution in [0.4, 0.5) is 4.79 Å². The maximum atomic E-state index is 11.8. The Morgan fingerprint density at radius 1 is 1.03 bits per heavy atom. The van der Waals surface area contributed by atoms with Crippen molar-refractivity contribution in [2.45, 2.75) is 44.7 Å². The van der Waals surface area contributed by atoms with E-state index in [2.05, 4.69) is 49.9 Å². The van der Waals surface area contributed by atoms with Gasteiger partial charge in [-0.1, -0.05) is 24.3 Å². The monoisotopic (exact) mass is 459 g/mol. The normalized spacial score (nSPS) is 22.1. The molecule has 1 aliphatic heterocycles. The number of carbonyl (C=O) groups excluding carboxylic acids is 2. The van der Waals surface area contributed by atoms with Crippen LogP contribution >= 0.6 is 11.8 Å². The highest BCUT2D eigenvalue weighted by Crippen LogP contribution is 2.28. The third-order valence-electron chi connectivity index (χ3n) is 6.26. The standard InChI is InChI=1S/C25H25N5O2S/c31-24-21(33-25(32)30-24)14-20-10-12-26-22(29-20)13-16-6-8-19(9-7-16)28-15-18-4-1-3-17-5-2-11-27-23(17)18/h1-5,10-12,14,16,19,28H,6-9,13,15H2,(H,30,31,32)/b21-14-. The lowest BCUT2D eigenvalue weighted by molar-refractivity contribution is -0.115. The van der Waals surface area contributed by atoms with E-state index in [0.29, 0.717) is 22.6 Å². The van der Waals surface area contributed by atoms with Crippen LogP contribution < -0.4 is 10.6 Å². The van der Waals surface area contributed by atoms with Crippen LogP contribution in [0.15, 0.2) is 53.7 Å². The molecule has 0 unspecified atom stereocenters. The molecule has 7 nitrogen and oxygen atoms in total. The van der Waals surface area contributed by atoms with Gasteiger partial charge in [-0.2, -0.15) is 0 Å². The van der Waals surface area contributed by atoms with E-state index in [0.717, 1.165) is 61.8 Å². The number of thioether (sulfide) groups is 1. The molecule has 168 valence electrons. The number of fused-ring (bicyclic) bond motifs is 1. The molecule has 0 radical (unpaired) electrons. The Kier molecular flexibility index (Phi) is 6.46. The zero-order valence-corrected chi connectivity index (χ0v) is 19.0. The largest absolute Gasteiger partial charge is 0.310 e. The minimum Gasteiger partial charge on any atom is -0.310 e. The smallest absolute Gasteiger partial charge is 0.290 e. The molecule has 1 aliphatic carbocycles. The Hall–Kier alpha value is -3.10. The first-order valence-electron chi connectivity index (χ1n) is 11.3. The lowest BCUT2D eigenvalue weighted by atomic mass is 9.84. The molecule has 5 rings (SSSR count). The summed E-state index contributed by atoms with van der Waals surface area (Å²) in [6, 6.07) is 12.7. The zero-order chi connectivity index (χ0) is 22.6. The molecule has 3 heterocycles. The lowest BCUT2D eigenvalue weighted by Crippen LogP contribution is -2.33. The van der Waals surface area contributed by atoms with Crippen molar-refractivity contribution in [1.82, 2.24) is 25.6 Å². The molecule has 2 fully saturated rings. The molecular weight excluding hydrogens is 434 g/mol. The van der Waals surface area contributed by atoms with E-state index < -0.39 is 0 Å². The molecule has 1 saturated carbocycles. The molecule has 8 heteroatoms. The number of aromatic nitrogens is 3. The van der Waals surface area contributed by atoms with Gasteiger partial charge in [-0.05, 0) is 67.1 Å². The third kappa shape index (κ3) is 5.29. The summed E-state index contributed by atoms with van der Waals surface area (Å²) in [5.41, 5.74) is 2.97. The van der Waals surface area contributed by atoms with E-state index in [1.807, 2.05) is 12.3 Å². The van der Waals surface area contributed by atoms with Gasteiger partial charge in [0.2, 0.25) is 0 Å².